The van der Waals surface area contributed by atoms with Gasteiger partial charge in [0.05, 0.1) is 10.6 Å². The highest BCUT2D eigenvalue weighted by atomic mass is 32.1. The summed E-state index contributed by atoms with van der Waals surface area (Å²) < 4.78 is 5.69. The normalized spacial score (nSPS) is 11.0. The van der Waals surface area contributed by atoms with E-state index in [2.05, 4.69) is 4.98 Å². The molecule has 0 bridgehead atoms. The van der Waals surface area contributed by atoms with Crippen LogP contribution in [0.4, 0.5) is 0 Å². The minimum Gasteiger partial charge on any atom is -0.486 e. The number of carboxylic acids is 1. The Bertz CT molecular complexity index is 644. The summed E-state index contributed by atoms with van der Waals surface area (Å²) in [5.41, 5.74) is 2.09. The predicted molar refractivity (Wildman–Crippen MR) is 83.7 cm³/mol. The summed E-state index contributed by atoms with van der Waals surface area (Å²) in [6.07, 6.45) is 3.49. The van der Waals surface area contributed by atoms with Gasteiger partial charge in [-0.15, -0.1) is 11.3 Å². The van der Waals surface area contributed by atoms with Gasteiger partial charge in [0, 0.05) is 6.08 Å². The smallest absolute Gasteiger partial charge is 0.328 e. The number of nitrogens with zero attached hydrogens (tertiary/aromatic N) is 1. The van der Waals surface area contributed by atoms with Crippen molar-refractivity contribution in [1.82, 2.24) is 4.98 Å². The molecule has 1 aromatic heterocycles. The summed E-state index contributed by atoms with van der Waals surface area (Å²) in [5.74, 6) is -0.153. The molecule has 4 nitrogen and oxygen atoms in total. The van der Waals surface area contributed by atoms with Crippen LogP contribution in [0, 0.1) is 6.92 Å². The molecule has 0 fully saturated rings. The lowest BCUT2D eigenvalue weighted by molar-refractivity contribution is -0.131. The number of rotatable bonds is 6. The fourth-order valence-corrected chi connectivity index (χ4v) is 2.76. The van der Waals surface area contributed by atoms with Crippen molar-refractivity contribution in [2.75, 3.05) is 0 Å². The van der Waals surface area contributed by atoms with Gasteiger partial charge in [-0.25, -0.2) is 9.78 Å². The highest BCUT2D eigenvalue weighted by molar-refractivity contribution is 7.12. The Kier molecular flexibility index (Phi) is 5.11. The summed E-state index contributed by atoms with van der Waals surface area (Å²) in [7, 11) is 0. The second-order valence-corrected chi connectivity index (χ2v) is 5.66. The van der Waals surface area contributed by atoms with Crippen molar-refractivity contribution < 1.29 is 14.6 Å². The minimum absolute atomic E-state index is 0.391. The number of hydrogen-bond acceptors (Lipinski definition) is 4. The molecule has 2 aromatic rings. The second kappa shape index (κ2) is 7.04. The van der Waals surface area contributed by atoms with Crippen LogP contribution in [0.5, 0.6) is 5.75 Å². The largest absolute Gasteiger partial charge is 0.486 e. The van der Waals surface area contributed by atoms with Crippen LogP contribution in [0.15, 0.2) is 30.3 Å². The molecule has 5 heteroatoms. The zero-order valence-corrected chi connectivity index (χ0v) is 12.8. The third-order valence-electron chi connectivity index (χ3n) is 2.87. The molecule has 0 saturated carbocycles. The van der Waals surface area contributed by atoms with Crippen LogP contribution in [-0.4, -0.2) is 16.1 Å². The van der Waals surface area contributed by atoms with E-state index in [-0.39, 0.29) is 0 Å². The Labute approximate surface area is 127 Å². The maximum Gasteiger partial charge on any atom is 0.328 e. The summed E-state index contributed by atoms with van der Waals surface area (Å²) >= 11 is 1.46. The highest BCUT2D eigenvalue weighted by Crippen LogP contribution is 2.22. The number of benzene rings is 1. The van der Waals surface area contributed by atoms with Crippen LogP contribution >= 0.6 is 11.3 Å². The fraction of sp³-hybridized carbons (Fsp3) is 0.250. The average molecular weight is 303 g/mol. The van der Waals surface area contributed by atoms with Gasteiger partial charge >= 0.3 is 5.97 Å². The maximum absolute atomic E-state index is 10.6. The molecule has 0 unspecified atom stereocenters. The van der Waals surface area contributed by atoms with Crippen molar-refractivity contribution >= 4 is 23.4 Å². The SMILES string of the molecule is CCc1nc(COc2ccc(C)cc2)sc1/C=C/C(=O)O. The number of aromatic nitrogens is 1. The van der Waals surface area contributed by atoms with E-state index in [9.17, 15) is 4.79 Å². The maximum atomic E-state index is 10.6. The van der Waals surface area contributed by atoms with Crippen LogP contribution in [0.3, 0.4) is 0 Å². The molecule has 0 aliphatic heterocycles. The minimum atomic E-state index is -0.956. The molecule has 0 radical (unpaired) electrons. The van der Waals surface area contributed by atoms with Gasteiger partial charge in [0.1, 0.15) is 17.4 Å². The number of aliphatic carboxylic acids is 1. The number of thiazole rings is 1. The van der Waals surface area contributed by atoms with Gasteiger partial charge in [0.25, 0.3) is 0 Å². The average Bonchev–Trinajstić information content (AvgIpc) is 2.87. The van der Waals surface area contributed by atoms with Gasteiger partial charge in [-0.05, 0) is 31.6 Å². The molecule has 1 N–H and O–H groups in total. The summed E-state index contributed by atoms with van der Waals surface area (Å²) in [5, 5.41) is 9.54. The summed E-state index contributed by atoms with van der Waals surface area (Å²) in [6, 6.07) is 7.84. The van der Waals surface area contributed by atoms with E-state index >= 15 is 0 Å². The number of ether oxygens (including phenoxy) is 1. The van der Waals surface area contributed by atoms with Crippen molar-refractivity contribution in [1.29, 1.82) is 0 Å². The Hall–Kier alpha value is -2.14. The Morgan fingerprint density at radius 3 is 2.71 bits per heavy atom. The van der Waals surface area contributed by atoms with Gasteiger partial charge in [-0.2, -0.15) is 0 Å². The molecule has 0 spiro atoms. The van der Waals surface area contributed by atoms with Crippen molar-refractivity contribution in [3.63, 3.8) is 0 Å². The number of hydrogen-bond donors (Lipinski definition) is 1. The van der Waals surface area contributed by atoms with Crippen LogP contribution in [0.25, 0.3) is 6.08 Å². The molecular formula is C16H17NO3S. The van der Waals surface area contributed by atoms with E-state index in [1.165, 1.54) is 16.9 Å². The van der Waals surface area contributed by atoms with Crippen molar-refractivity contribution in [2.45, 2.75) is 26.9 Å². The monoisotopic (exact) mass is 303 g/mol. The van der Waals surface area contributed by atoms with E-state index < -0.39 is 5.97 Å². The second-order valence-electron chi connectivity index (χ2n) is 4.55. The van der Waals surface area contributed by atoms with E-state index in [1.54, 1.807) is 6.08 Å². The topological polar surface area (TPSA) is 59.4 Å². The number of carbonyl (C=O) groups is 1. The third-order valence-corrected chi connectivity index (χ3v) is 3.90. The standard InChI is InChI=1S/C16H17NO3S/c1-3-13-14(8-9-16(18)19)21-15(17-13)10-20-12-6-4-11(2)5-7-12/h4-9H,3,10H2,1-2H3,(H,18,19)/b9-8+. The fourth-order valence-electron chi connectivity index (χ4n) is 1.79. The van der Waals surface area contributed by atoms with E-state index in [0.29, 0.717) is 6.61 Å². The molecule has 0 aliphatic carbocycles. The molecule has 1 aromatic carbocycles. The van der Waals surface area contributed by atoms with Gasteiger partial charge in [0.15, 0.2) is 0 Å². The van der Waals surface area contributed by atoms with Gasteiger partial charge in [-0.1, -0.05) is 24.6 Å². The van der Waals surface area contributed by atoms with Crippen LogP contribution in [0.2, 0.25) is 0 Å². The zero-order valence-electron chi connectivity index (χ0n) is 12.0. The van der Waals surface area contributed by atoms with Gasteiger partial charge in [-0.3, -0.25) is 0 Å². The lowest BCUT2D eigenvalue weighted by Crippen LogP contribution is -1.95. The van der Waals surface area contributed by atoms with Crippen LogP contribution in [0.1, 0.15) is 28.1 Å². The Morgan fingerprint density at radius 2 is 2.10 bits per heavy atom. The molecule has 0 atom stereocenters. The number of carboxylic acid groups (broad SMARTS) is 1. The first-order valence-electron chi connectivity index (χ1n) is 6.67. The van der Waals surface area contributed by atoms with E-state index in [4.69, 9.17) is 9.84 Å². The Morgan fingerprint density at radius 1 is 1.38 bits per heavy atom. The predicted octanol–water partition coefficient (Wildman–Crippen LogP) is 3.69. The Balaban J connectivity index is 2.06. The molecule has 2 rings (SSSR count). The van der Waals surface area contributed by atoms with Gasteiger partial charge < -0.3 is 9.84 Å². The summed E-state index contributed by atoms with van der Waals surface area (Å²) in [4.78, 5) is 16.0. The quantitative estimate of drug-likeness (QED) is 0.827. The molecule has 0 aliphatic rings. The van der Waals surface area contributed by atoms with Crippen LogP contribution < -0.4 is 4.74 Å². The third kappa shape index (κ3) is 4.43. The molecule has 0 saturated heterocycles. The highest BCUT2D eigenvalue weighted by Gasteiger charge is 2.08. The lowest BCUT2D eigenvalue weighted by Gasteiger charge is -2.03. The van der Waals surface area contributed by atoms with E-state index in [1.807, 2.05) is 38.1 Å². The molecule has 110 valence electrons. The molecule has 1 heterocycles. The zero-order chi connectivity index (χ0) is 15.2. The molecular weight excluding hydrogens is 286 g/mol. The first kappa shape index (κ1) is 15.3. The first-order chi connectivity index (χ1) is 10.1. The van der Waals surface area contributed by atoms with Crippen molar-refractivity contribution in [3.05, 3.63) is 51.5 Å². The summed E-state index contributed by atoms with van der Waals surface area (Å²) in [6.45, 7) is 4.42. The molecule has 0 amide bonds. The van der Waals surface area contributed by atoms with Crippen LogP contribution in [-0.2, 0) is 17.8 Å². The van der Waals surface area contributed by atoms with Crippen molar-refractivity contribution in [2.24, 2.45) is 0 Å². The first-order valence-corrected chi connectivity index (χ1v) is 7.49. The lowest BCUT2D eigenvalue weighted by atomic mass is 10.2. The number of aryl methyl sites for hydroxylation is 2. The van der Waals surface area contributed by atoms with Crippen molar-refractivity contribution in [3.8, 4) is 5.75 Å². The van der Waals surface area contributed by atoms with E-state index in [0.717, 1.165) is 33.8 Å². The molecule has 21 heavy (non-hydrogen) atoms. The van der Waals surface area contributed by atoms with Gasteiger partial charge in [0.2, 0.25) is 0 Å².